The van der Waals surface area contributed by atoms with Crippen molar-refractivity contribution in [1.82, 2.24) is 0 Å². The van der Waals surface area contributed by atoms with Crippen LogP contribution in [0.3, 0.4) is 0 Å². The molecule has 4 aliphatic rings. The molecule has 0 unspecified atom stereocenters. The van der Waals surface area contributed by atoms with Crippen LogP contribution in [0.25, 0.3) is 0 Å². The molecule has 1 heterocycles. The molecule has 4 fully saturated rings. The zero-order valence-corrected chi connectivity index (χ0v) is 10.1. The molecule has 1 nitrogen and oxygen atoms in total. The Balaban J connectivity index is 1.81. The second-order valence-corrected chi connectivity index (χ2v) is 6.91. The maximum atomic E-state index is 6.22. The van der Waals surface area contributed by atoms with Gasteiger partial charge in [0.25, 0.3) is 0 Å². The summed E-state index contributed by atoms with van der Waals surface area (Å²) in [5.41, 5.74) is 0. The first-order chi connectivity index (χ1) is 6.77. The maximum Gasteiger partial charge on any atom is 0.0738 e. The van der Waals surface area contributed by atoms with Crippen molar-refractivity contribution >= 4 is 15.9 Å². The number of hydrogen-bond donors (Lipinski definition) is 0. The molecule has 0 radical (unpaired) electrons. The lowest BCUT2D eigenvalue weighted by atomic mass is 9.66. The zero-order valence-electron chi connectivity index (χ0n) is 8.53. The average Bonchev–Trinajstić information content (AvgIpc) is 2.75. The van der Waals surface area contributed by atoms with Crippen molar-refractivity contribution in [2.45, 2.75) is 43.2 Å². The molecule has 8 atom stereocenters. The van der Waals surface area contributed by atoms with E-state index in [-0.39, 0.29) is 0 Å². The van der Waals surface area contributed by atoms with E-state index in [0.717, 1.165) is 29.6 Å². The third-order valence-corrected chi connectivity index (χ3v) is 6.65. The highest BCUT2D eigenvalue weighted by molar-refractivity contribution is 9.09. The van der Waals surface area contributed by atoms with Gasteiger partial charge in [-0.05, 0) is 48.9 Å². The van der Waals surface area contributed by atoms with E-state index in [0.29, 0.717) is 17.0 Å². The van der Waals surface area contributed by atoms with Gasteiger partial charge in [0.05, 0.1) is 12.2 Å². The van der Waals surface area contributed by atoms with Gasteiger partial charge in [-0.25, -0.2) is 0 Å². The number of ether oxygens (including phenoxy) is 1. The molecule has 1 saturated heterocycles. The van der Waals surface area contributed by atoms with Gasteiger partial charge in [0, 0.05) is 4.83 Å². The van der Waals surface area contributed by atoms with Crippen molar-refractivity contribution in [1.29, 1.82) is 0 Å². The fraction of sp³-hybridized carbons (Fsp3) is 1.00. The lowest BCUT2D eigenvalue weighted by molar-refractivity contribution is 0.0150. The largest absolute Gasteiger partial charge is 0.373 e. The van der Waals surface area contributed by atoms with E-state index in [2.05, 4.69) is 22.9 Å². The second-order valence-electron chi connectivity index (χ2n) is 5.86. The number of hydrogen-bond acceptors (Lipinski definition) is 1. The van der Waals surface area contributed by atoms with Crippen molar-refractivity contribution in [3.05, 3.63) is 0 Å². The molecule has 3 saturated carbocycles. The lowest BCUT2D eigenvalue weighted by Crippen LogP contribution is -2.40. The predicted molar refractivity (Wildman–Crippen MR) is 58.4 cm³/mol. The van der Waals surface area contributed by atoms with Gasteiger partial charge in [-0.15, -0.1) is 0 Å². The molecule has 0 N–H and O–H groups in total. The van der Waals surface area contributed by atoms with Crippen LogP contribution in [0.1, 0.15) is 26.2 Å². The van der Waals surface area contributed by atoms with Gasteiger partial charge in [-0.1, -0.05) is 22.9 Å². The van der Waals surface area contributed by atoms with Gasteiger partial charge in [0.1, 0.15) is 0 Å². The Morgan fingerprint density at radius 2 is 2.00 bits per heavy atom. The third kappa shape index (κ3) is 0.788. The monoisotopic (exact) mass is 256 g/mol. The average molecular weight is 257 g/mol. The summed E-state index contributed by atoms with van der Waals surface area (Å²) < 4.78 is 6.22. The van der Waals surface area contributed by atoms with Crippen LogP contribution in [0.5, 0.6) is 0 Å². The van der Waals surface area contributed by atoms with Crippen molar-refractivity contribution in [2.75, 3.05) is 0 Å². The van der Waals surface area contributed by atoms with Gasteiger partial charge in [-0.3, -0.25) is 0 Å². The van der Waals surface area contributed by atoms with E-state index in [4.69, 9.17) is 4.74 Å². The molecule has 0 aromatic carbocycles. The fourth-order valence-electron chi connectivity index (χ4n) is 5.05. The van der Waals surface area contributed by atoms with Gasteiger partial charge in [0.2, 0.25) is 0 Å². The van der Waals surface area contributed by atoms with Crippen LogP contribution in [0, 0.1) is 29.6 Å². The van der Waals surface area contributed by atoms with E-state index in [1.165, 1.54) is 19.3 Å². The van der Waals surface area contributed by atoms with Crippen LogP contribution in [-0.2, 0) is 4.74 Å². The minimum absolute atomic E-state index is 0.580. The number of halogens is 1. The van der Waals surface area contributed by atoms with Gasteiger partial charge in [-0.2, -0.15) is 0 Å². The smallest absolute Gasteiger partial charge is 0.0738 e. The molecular formula is C12H17BrO. The first kappa shape index (κ1) is 8.58. The van der Waals surface area contributed by atoms with E-state index in [1.54, 1.807) is 0 Å². The van der Waals surface area contributed by atoms with Crippen molar-refractivity contribution in [3.8, 4) is 0 Å². The van der Waals surface area contributed by atoms with Gasteiger partial charge in [0.15, 0.2) is 0 Å². The van der Waals surface area contributed by atoms with E-state index >= 15 is 0 Å². The number of fused-ring (bicyclic) bond motifs is 2. The third-order valence-electron chi connectivity index (χ3n) is 5.45. The summed E-state index contributed by atoms with van der Waals surface area (Å²) >= 11 is 3.89. The molecule has 2 heteroatoms. The SMILES string of the molecule is C[C@@H]1CC[C@@H]2O[C@@H]3[C@@H](Br)[C@H]4C[C@@H]3[C@@H]2[C@H]41. The summed E-state index contributed by atoms with van der Waals surface area (Å²) in [5, 5.41) is 0. The lowest BCUT2D eigenvalue weighted by Gasteiger charge is -2.39. The van der Waals surface area contributed by atoms with Crippen molar-refractivity contribution in [3.63, 3.8) is 0 Å². The minimum Gasteiger partial charge on any atom is -0.373 e. The number of alkyl halides is 1. The summed E-state index contributed by atoms with van der Waals surface area (Å²) in [6.07, 6.45) is 5.41. The molecule has 0 spiro atoms. The number of rotatable bonds is 0. The van der Waals surface area contributed by atoms with Crippen LogP contribution in [0.2, 0.25) is 0 Å². The van der Waals surface area contributed by atoms with Crippen LogP contribution in [0.4, 0.5) is 0 Å². The second kappa shape index (κ2) is 2.57. The molecule has 4 rings (SSSR count). The summed E-state index contributed by atoms with van der Waals surface area (Å²) in [6.45, 7) is 2.47. The Kier molecular flexibility index (Phi) is 1.58. The van der Waals surface area contributed by atoms with Crippen molar-refractivity contribution < 1.29 is 4.74 Å². The maximum absolute atomic E-state index is 6.22. The molecule has 0 aromatic rings. The van der Waals surface area contributed by atoms with Crippen LogP contribution < -0.4 is 0 Å². The predicted octanol–water partition coefficient (Wildman–Crippen LogP) is 2.83. The Bertz CT molecular complexity index is 279. The Morgan fingerprint density at radius 1 is 1.14 bits per heavy atom. The Hall–Kier alpha value is 0.440. The summed E-state index contributed by atoms with van der Waals surface area (Å²) in [5.74, 6) is 4.75. The minimum atomic E-state index is 0.580. The summed E-state index contributed by atoms with van der Waals surface area (Å²) in [7, 11) is 0. The highest BCUT2D eigenvalue weighted by atomic mass is 79.9. The highest BCUT2D eigenvalue weighted by Crippen LogP contribution is 2.65. The summed E-state index contributed by atoms with van der Waals surface area (Å²) in [4.78, 5) is 0.680. The molecule has 1 aliphatic heterocycles. The molecule has 78 valence electrons. The van der Waals surface area contributed by atoms with E-state index < -0.39 is 0 Å². The quantitative estimate of drug-likeness (QED) is 0.606. The topological polar surface area (TPSA) is 9.23 Å². The van der Waals surface area contributed by atoms with Gasteiger partial charge >= 0.3 is 0 Å². The van der Waals surface area contributed by atoms with Crippen LogP contribution in [-0.4, -0.2) is 17.0 Å². The van der Waals surface area contributed by atoms with Crippen LogP contribution >= 0.6 is 15.9 Å². The highest BCUT2D eigenvalue weighted by Gasteiger charge is 2.66. The molecule has 0 aromatic heterocycles. The molecule has 0 amide bonds. The normalized spacial score (nSPS) is 69.0. The molecule has 2 bridgehead atoms. The Morgan fingerprint density at radius 3 is 2.86 bits per heavy atom. The molecule has 14 heavy (non-hydrogen) atoms. The molecule has 3 aliphatic carbocycles. The van der Waals surface area contributed by atoms with Crippen LogP contribution in [0.15, 0.2) is 0 Å². The standard InChI is InChI=1S/C12H17BrO/c1-5-2-3-8-10-7-4-6(9(5)10)11(13)12(7)14-8/h5-12H,2-4H2,1H3/t5-,6+,7-,8+,9+,10+,11+,12+/m1/s1. The van der Waals surface area contributed by atoms with Crippen molar-refractivity contribution in [2.24, 2.45) is 29.6 Å². The van der Waals surface area contributed by atoms with Gasteiger partial charge < -0.3 is 4.74 Å². The van der Waals surface area contributed by atoms with E-state index in [9.17, 15) is 0 Å². The Labute approximate surface area is 93.7 Å². The zero-order chi connectivity index (χ0) is 9.45. The fourth-order valence-corrected chi connectivity index (χ4v) is 6.13. The first-order valence-corrected chi connectivity index (χ1v) is 6.98. The summed E-state index contributed by atoms with van der Waals surface area (Å²) in [6, 6.07) is 0. The first-order valence-electron chi connectivity index (χ1n) is 6.07. The molecular weight excluding hydrogens is 240 g/mol. The van der Waals surface area contributed by atoms with E-state index in [1.807, 2.05) is 0 Å².